The Morgan fingerprint density at radius 1 is 0.941 bits per heavy atom. The molecule has 0 bridgehead atoms. The number of hydrazone groups is 1. The van der Waals surface area contributed by atoms with E-state index in [1.54, 1.807) is 30.3 Å². The van der Waals surface area contributed by atoms with Gasteiger partial charge in [0.15, 0.2) is 0 Å². The predicted molar refractivity (Wildman–Crippen MR) is 125 cm³/mol. The van der Waals surface area contributed by atoms with Crippen molar-refractivity contribution in [2.24, 2.45) is 5.10 Å². The van der Waals surface area contributed by atoms with Gasteiger partial charge in [-0.3, -0.25) is 4.72 Å². The van der Waals surface area contributed by atoms with Crippen molar-refractivity contribution in [3.05, 3.63) is 95.6 Å². The molecule has 1 unspecified atom stereocenters. The van der Waals surface area contributed by atoms with Crippen molar-refractivity contribution in [3.63, 3.8) is 0 Å². The van der Waals surface area contributed by atoms with Gasteiger partial charge in [0.25, 0.3) is 10.0 Å². The molecule has 178 valence electrons. The Morgan fingerprint density at radius 2 is 1.59 bits per heavy atom. The largest absolute Gasteiger partial charge is 0.284 e. The maximum absolute atomic E-state index is 13.9. The molecular weight excluding hydrogens is 484 g/mol. The number of halogens is 2. The number of anilines is 1. The van der Waals surface area contributed by atoms with Gasteiger partial charge in [0.05, 0.1) is 22.4 Å². The second-order valence-corrected chi connectivity index (χ2v) is 11.4. The second kappa shape index (κ2) is 9.15. The third kappa shape index (κ3) is 4.95. The summed E-state index contributed by atoms with van der Waals surface area (Å²) in [6.45, 7) is 1.52. The van der Waals surface area contributed by atoms with Crippen LogP contribution in [0.15, 0.2) is 82.8 Å². The maximum Gasteiger partial charge on any atom is 0.279 e. The topological polar surface area (TPSA) is 95.9 Å². The van der Waals surface area contributed by atoms with Gasteiger partial charge in [-0.2, -0.15) is 17.9 Å². The second-order valence-electron chi connectivity index (χ2n) is 7.64. The van der Waals surface area contributed by atoms with E-state index in [0.717, 1.165) is 16.5 Å². The van der Waals surface area contributed by atoms with E-state index in [1.807, 2.05) is 0 Å². The average Bonchev–Trinajstić information content (AvgIpc) is 3.26. The molecule has 0 aliphatic carbocycles. The zero-order valence-electron chi connectivity index (χ0n) is 18.0. The fourth-order valence-electron chi connectivity index (χ4n) is 3.56. The molecule has 0 spiro atoms. The number of benzene rings is 3. The fourth-order valence-corrected chi connectivity index (χ4v) is 5.67. The molecule has 0 fully saturated rings. The summed E-state index contributed by atoms with van der Waals surface area (Å²) in [5.74, 6) is -1.32. The summed E-state index contributed by atoms with van der Waals surface area (Å²) in [6, 6.07) is 15.6. The molecule has 1 heterocycles. The summed E-state index contributed by atoms with van der Waals surface area (Å²) in [5.41, 5.74) is 1.72. The highest BCUT2D eigenvalue weighted by Crippen LogP contribution is 2.37. The van der Waals surface area contributed by atoms with Crippen molar-refractivity contribution in [2.75, 3.05) is 10.5 Å². The molecule has 0 radical (unpaired) electrons. The quantitative estimate of drug-likeness (QED) is 0.519. The molecule has 11 heteroatoms. The molecule has 0 amide bonds. The van der Waals surface area contributed by atoms with Crippen LogP contribution in [-0.4, -0.2) is 32.7 Å². The van der Waals surface area contributed by atoms with E-state index in [1.165, 1.54) is 37.3 Å². The lowest BCUT2D eigenvalue weighted by molar-refractivity contribution is 0.370. The van der Waals surface area contributed by atoms with Gasteiger partial charge in [-0.05, 0) is 60.5 Å². The molecule has 34 heavy (non-hydrogen) atoms. The number of rotatable bonds is 7. The Bertz CT molecular complexity index is 1460. The number of nitrogens with zero attached hydrogens (tertiary/aromatic N) is 2. The third-order valence-electron chi connectivity index (χ3n) is 5.32. The van der Waals surface area contributed by atoms with Gasteiger partial charge in [0.1, 0.15) is 11.6 Å². The summed E-state index contributed by atoms with van der Waals surface area (Å²) in [7, 11) is -7.71. The Morgan fingerprint density at radius 3 is 2.21 bits per heavy atom. The third-order valence-corrected chi connectivity index (χ3v) is 8.30. The number of hydrogen-bond acceptors (Lipinski definition) is 5. The first kappa shape index (κ1) is 23.8. The molecule has 1 N–H and O–H groups in total. The Hall–Kier alpha value is -3.31. The lowest BCUT2D eigenvalue weighted by Gasteiger charge is -2.23. The lowest BCUT2D eigenvalue weighted by atomic mass is 9.99. The van der Waals surface area contributed by atoms with Gasteiger partial charge in [-0.15, -0.1) is 0 Å². The normalized spacial score (nSPS) is 16.4. The van der Waals surface area contributed by atoms with E-state index in [4.69, 9.17) is 0 Å². The van der Waals surface area contributed by atoms with Gasteiger partial charge >= 0.3 is 0 Å². The molecule has 1 aliphatic rings. The van der Waals surface area contributed by atoms with E-state index in [2.05, 4.69) is 9.82 Å². The van der Waals surface area contributed by atoms with Crippen LogP contribution in [0.3, 0.4) is 0 Å². The van der Waals surface area contributed by atoms with E-state index in [0.29, 0.717) is 22.5 Å². The molecule has 4 rings (SSSR count). The predicted octanol–water partition coefficient (Wildman–Crippen LogP) is 4.27. The van der Waals surface area contributed by atoms with Crippen LogP contribution in [0.1, 0.15) is 30.5 Å². The Balaban J connectivity index is 1.73. The van der Waals surface area contributed by atoms with Crippen molar-refractivity contribution >= 4 is 31.4 Å². The summed E-state index contributed by atoms with van der Waals surface area (Å²) in [6.07, 6.45) is 0.137. The van der Waals surface area contributed by atoms with Crippen molar-refractivity contribution < 1.29 is 25.6 Å². The molecule has 3 aromatic carbocycles. The molecule has 1 aliphatic heterocycles. The van der Waals surface area contributed by atoms with E-state index < -0.39 is 37.7 Å². The van der Waals surface area contributed by atoms with E-state index in [9.17, 15) is 25.6 Å². The van der Waals surface area contributed by atoms with Gasteiger partial charge < -0.3 is 0 Å². The minimum atomic E-state index is -4.26. The standard InChI is InChI=1S/C23H21F2N3O4S2/c1-2-33(29,30)27-20-11-9-16(10-12-20)22-15-23(17-5-3-6-18(24)13-17)28(26-22)34(31,32)21-8-4-7-19(25)14-21/h3-14,23,27H,2,15H2,1H3. The zero-order chi connectivity index (χ0) is 24.5. The Kier molecular flexibility index (Phi) is 6.41. The van der Waals surface area contributed by atoms with Crippen molar-refractivity contribution in [2.45, 2.75) is 24.3 Å². The van der Waals surface area contributed by atoms with Crippen molar-refractivity contribution in [1.82, 2.24) is 4.41 Å². The first-order chi connectivity index (χ1) is 16.1. The molecule has 0 saturated heterocycles. The number of hydrogen-bond donors (Lipinski definition) is 1. The maximum atomic E-state index is 13.9. The van der Waals surface area contributed by atoms with Gasteiger partial charge in [0, 0.05) is 12.1 Å². The summed E-state index contributed by atoms with van der Waals surface area (Å²) >= 11 is 0. The van der Waals surface area contributed by atoms with Crippen LogP contribution in [0.5, 0.6) is 0 Å². The van der Waals surface area contributed by atoms with Crippen LogP contribution in [0.25, 0.3) is 0 Å². The highest BCUT2D eigenvalue weighted by Gasteiger charge is 2.38. The zero-order valence-corrected chi connectivity index (χ0v) is 19.7. The molecule has 7 nitrogen and oxygen atoms in total. The molecule has 0 saturated carbocycles. The first-order valence-corrected chi connectivity index (χ1v) is 13.4. The van der Waals surface area contributed by atoms with E-state index in [-0.39, 0.29) is 17.1 Å². The smallest absolute Gasteiger partial charge is 0.279 e. The molecular formula is C23H21F2N3O4S2. The average molecular weight is 506 g/mol. The highest BCUT2D eigenvalue weighted by atomic mass is 32.2. The molecule has 1 atom stereocenters. The van der Waals surface area contributed by atoms with Crippen molar-refractivity contribution in [1.29, 1.82) is 0 Å². The van der Waals surface area contributed by atoms with E-state index >= 15 is 0 Å². The summed E-state index contributed by atoms with van der Waals surface area (Å²) in [4.78, 5) is -0.275. The summed E-state index contributed by atoms with van der Waals surface area (Å²) < 4.78 is 81.3. The highest BCUT2D eigenvalue weighted by molar-refractivity contribution is 7.92. The van der Waals surface area contributed by atoms with Crippen LogP contribution in [0, 0.1) is 11.6 Å². The van der Waals surface area contributed by atoms with Crippen LogP contribution in [0.2, 0.25) is 0 Å². The molecule has 3 aromatic rings. The van der Waals surface area contributed by atoms with Gasteiger partial charge in [-0.1, -0.05) is 30.3 Å². The lowest BCUT2D eigenvalue weighted by Crippen LogP contribution is -2.27. The van der Waals surface area contributed by atoms with Gasteiger partial charge in [0.2, 0.25) is 10.0 Å². The first-order valence-electron chi connectivity index (χ1n) is 10.3. The minimum absolute atomic E-state index is 0.0797. The van der Waals surface area contributed by atoms with Crippen LogP contribution >= 0.6 is 0 Å². The molecule has 0 aromatic heterocycles. The van der Waals surface area contributed by atoms with Crippen molar-refractivity contribution in [3.8, 4) is 0 Å². The van der Waals surface area contributed by atoms with Crippen LogP contribution in [0.4, 0.5) is 14.5 Å². The SMILES string of the molecule is CCS(=O)(=O)Nc1ccc(C2=NN(S(=O)(=O)c3cccc(F)c3)C(c3cccc(F)c3)C2)cc1. The number of nitrogens with one attached hydrogen (secondary N) is 1. The van der Waals surface area contributed by atoms with Crippen LogP contribution in [-0.2, 0) is 20.0 Å². The van der Waals surface area contributed by atoms with Crippen LogP contribution < -0.4 is 4.72 Å². The summed E-state index contributed by atoms with van der Waals surface area (Å²) in [5, 5.41) is 4.32. The van der Waals surface area contributed by atoms with Gasteiger partial charge in [-0.25, -0.2) is 17.2 Å². The fraction of sp³-hybridized carbons (Fsp3) is 0.174. The minimum Gasteiger partial charge on any atom is -0.284 e. The Labute approximate surface area is 196 Å². The monoisotopic (exact) mass is 505 g/mol. The number of sulfonamides is 2.